The highest BCUT2D eigenvalue weighted by atomic mass is 19.3. The smallest absolute Gasteiger partial charge is 0.387 e. The van der Waals surface area contributed by atoms with Crippen LogP contribution in [0.25, 0.3) is 0 Å². The summed E-state index contributed by atoms with van der Waals surface area (Å²) in [5.41, 5.74) is 1.52. The van der Waals surface area contributed by atoms with Crippen molar-refractivity contribution in [2.45, 2.75) is 26.0 Å². The summed E-state index contributed by atoms with van der Waals surface area (Å²) in [5.74, 6) is -2.99. The molecule has 1 aliphatic heterocycles. The molecule has 1 saturated heterocycles. The predicted octanol–water partition coefficient (Wildman–Crippen LogP) is 3.19. The minimum absolute atomic E-state index is 0.0374. The van der Waals surface area contributed by atoms with Gasteiger partial charge in [0.2, 0.25) is 5.78 Å². The van der Waals surface area contributed by atoms with Crippen LogP contribution in [-0.2, 0) is 20.8 Å². The van der Waals surface area contributed by atoms with E-state index >= 15 is 0 Å². The molecule has 5 nitrogen and oxygen atoms in total. The van der Waals surface area contributed by atoms with Gasteiger partial charge in [-0.05, 0) is 36.6 Å². The van der Waals surface area contributed by atoms with Gasteiger partial charge in [-0.1, -0.05) is 42.5 Å². The fraction of sp³-hybridized carbons (Fsp3) is 0.286. The Kier molecular flexibility index (Phi) is 5.82. The second kappa shape index (κ2) is 8.29. The highest BCUT2D eigenvalue weighted by molar-refractivity contribution is 6.42. The maximum absolute atomic E-state index is 12.5. The van der Waals surface area contributed by atoms with Crippen molar-refractivity contribution < 1.29 is 27.9 Å². The molecule has 0 spiro atoms. The molecule has 3 rings (SSSR count). The van der Waals surface area contributed by atoms with Gasteiger partial charge < -0.3 is 9.64 Å². The van der Waals surface area contributed by atoms with Gasteiger partial charge in [0.25, 0.3) is 5.91 Å². The monoisotopic (exact) mass is 387 g/mol. The molecule has 1 aliphatic rings. The Morgan fingerprint density at radius 2 is 1.71 bits per heavy atom. The molecule has 1 heterocycles. The van der Waals surface area contributed by atoms with E-state index in [0.29, 0.717) is 12.0 Å². The van der Waals surface area contributed by atoms with Crippen LogP contribution in [0, 0.1) is 5.92 Å². The van der Waals surface area contributed by atoms with Gasteiger partial charge in [0.1, 0.15) is 17.5 Å². The Morgan fingerprint density at radius 1 is 1.07 bits per heavy atom. The number of ketones is 2. The van der Waals surface area contributed by atoms with E-state index in [1.165, 1.54) is 36.1 Å². The van der Waals surface area contributed by atoms with Gasteiger partial charge in [0.15, 0.2) is 0 Å². The number of benzene rings is 2. The molecule has 0 radical (unpaired) electrons. The zero-order valence-corrected chi connectivity index (χ0v) is 15.2. The molecule has 28 heavy (non-hydrogen) atoms. The second-order valence-electron chi connectivity index (χ2n) is 6.58. The van der Waals surface area contributed by atoms with Crippen LogP contribution in [0.4, 0.5) is 8.78 Å². The van der Waals surface area contributed by atoms with Gasteiger partial charge in [-0.3, -0.25) is 14.4 Å². The number of carbonyl (C=O) groups is 3. The Balaban J connectivity index is 1.88. The molecule has 0 N–H and O–H groups in total. The zero-order chi connectivity index (χ0) is 20.3. The van der Waals surface area contributed by atoms with E-state index in [-0.39, 0.29) is 12.3 Å². The van der Waals surface area contributed by atoms with Crippen molar-refractivity contribution in [3.8, 4) is 5.75 Å². The lowest BCUT2D eigenvalue weighted by Crippen LogP contribution is -2.32. The quantitative estimate of drug-likeness (QED) is 0.541. The molecule has 1 amide bonds. The van der Waals surface area contributed by atoms with Crippen LogP contribution in [0.2, 0.25) is 0 Å². The van der Waals surface area contributed by atoms with E-state index < -0.39 is 36.0 Å². The minimum atomic E-state index is -2.95. The van der Waals surface area contributed by atoms with Crippen molar-refractivity contribution in [2.75, 3.05) is 6.54 Å². The number of amides is 1. The van der Waals surface area contributed by atoms with E-state index in [1.807, 2.05) is 30.3 Å². The summed E-state index contributed by atoms with van der Waals surface area (Å²) in [6, 6.07) is 14.4. The van der Waals surface area contributed by atoms with Crippen LogP contribution in [0.15, 0.2) is 54.6 Å². The summed E-state index contributed by atoms with van der Waals surface area (Å²) in [4.78, 5) is 38.5. The first-order valence-corrected chi connectivity index (χ1v) is 8.82. The molecule has 0 aromatic heterocycles. The van der Waals surface area contributed by atoms with Crippen LogP contribution < -0.4 is 4.74 Å². The van der Waals surface area contributed by atoms with E-state index in [1.54, 1.807) is 0 Å². The Bertz CT molecular complexity index is 868. The molecule has 0 aliphatic carbocycles. The number of halogens is 2. The SMILES string of the molecule is CC(=O)C1C(=O)C(=O)N(CCc2ccccc2)C1c1ccc(OC(F)F)cc1. The van der Waals surface area contributed by atoms with E-state index in [0.717, 1.165) is 5.56 Å². The lowest BCUT2D eigenvalue weighted by molar-refractivity contribution is -0.142. The maximum atomic E-state index is 12.5. The average molecular weight is 387 g/mol. The van der Waals surface area contributed by atoms with Crippen molar-refractivity contribution >= 4 is 17.5 Å². The molecule has 146 valence electrons. The van der Waals surface area contributed by atoms with Crippen molar-refractivity contribution in [2.24, 2.45) is 5.92 Å². The standard InChI is InChI=1S/C21H19F2NO4/c1-13(25)17-18(15-7-9-16(10-8-15)28-21(22)23)24(20(27)19(17)26)12-11-14-5-3-2-4-6-14/h2-10,17-18,21H,11-12H2,1H3. The van der Waals surface area contributed by atoms with Crippen molar-refractivity contribution in [3.63, 3.8) is 0 Å². The topological polar surface area (TPSA) is 63.7 Å². The summed E-state index contributed by atoms with van der Waals surface area (Å²) in [6.07, 6.45) is 0.521. The molecule has 2 atom stereocenters. The van der Waals surface area contributed by atoms with E-state index in [9.17, 15) is 23.2 Å². The van der Waals surface area contributed by atoms with Gasteiger partial charge in [0.05, 0.1) is 6.04 Å². The molecule has 2 unspecified atom stereocenters. The minimum Gasteiger partial charge on any atom is -0.435 e. The first-order valence-electron chi connectivity index (χ1n) is 8.82. The third-order valence-corrected chi connectivity index (χ3v) is 4.77. The maximum Gasteiger partial charge on any atom is 0.387 e. The molecule has 1 fully saturated rings. The van der Waals surface area contributed by atoms with E-state index in [4.69, 9.17) is 0 Å². The van der Waals surface area contributed by atoms with Gasteiger partial charge in [-0.15, -0.1) is 0 Å². The van der Waals surface area contributed by atoms with Gasteiger partial charge >= 0.3 is 6.61 Å². The van der Waals surface area contributed by atoms with Crippen LogP contribution in [-0.4, -0.2) is 35.5 Å². The van der Waals surface area contributed by atoms with Crippen LogP contribution in [0.3, 0.4) is 0 Å². The second-order valence-corrected chi connectivity index (χ2v) is 6.58. The molecular formula is C21H19F2NO4. The molecule has 7 heteroatoms. The van der Waals surface area contributed by atoms with Crippen molar-refractivity contribution in [1.29, 1.82) is 0 Å². The van der Waals surface area contributed by atoms with Crippen molar-refractivity contribution in [1.82, 2.24) is 4.90 Å². The van der Waals surface area contributed by atoms with Gasteiger partial charge in [0, 0.05) is 6.54 Å². The number of carbonyl (C=O) groups excluding carboxylic acids is 3. The fourth-order valence-corrected chi connectivity index (χ4v) is 3.48. The van der Waals surface area contributed by atoms with Crippen LogP contribution >= 0.6 is 0 Å². The fourth-order valence-electron chi connectivity index (χ4n) is 3.48. The summed E-state index contributed by atoms with van der Waals surface area (Å²) in [7, 11) is 0. The summed E-state index contributed by atoms with van der Waals surface area (Å²) in [6.45, 7) is -1.41. The normalized spacial score (nSPS) is 19.4. The number of hydrogen-bond donors (Lipinski definition) is 0. The third-order valence-electron chi connectivity index (χ3n) is 4.77. The lowest BCUT2D eigenvalue weighted by atomic mass is 9.90. The molecule has 0 bridgehead atoms. The largest absolute Gasteiger partial charge is 0.435 e. The van der Waals surface area contributed by atoms with Gasteiger partial charge in [-0.25, -0.2) is 0 Å². The Morgan fingerprint density at radius 3 is 2.29 bits per heavy atom. The first-order chi connectivity index (χ1) is 13.4. The highest BCUT2D eigenvalue weighted by Crippen LogP contribution is 2.37. The summed E-state index contributed by atoms with van der Waals surface area (Å²) >= 11 is 0. The molecule has 2 aromatic carbocycles. The number of hydrogen-bond acceptors (Lipinski definition) is 4. The van der Waals surface area contributed by atoms with Gasteiger partial charge in [-0.2, -0.15) is 8.78 Å². The van der Waals surface area contributed by atoms with Crippen LogP contribution in [0.5, 0.6) is 5.75 Å². The Labute approximate surface area is 160 Å². The molecular weight excluding hydrogens is 368 g/mol. The summed E-state index contributed by atoms with van der Waals surface area (Å²) < 4.78 is 29.0. The number of rotatable bonds is 7. The molecule has 0 saturated carbocycles. The number of nitrogens with zero attached hydrogens (tertiary/aromatic N) is 1. The van der Waals surface area contributed by atoms with Crippen molar-refractivity contribution in [3.05, 3.63) is 65.7 Å². The third kappa shape index (κ3) is 4.08. The number of Topliss-reactive ketones (excluding diaryl/α,β-unsaturated/α-hetero) is 2. The summed E-state index contributed by atoms with van der Waals surface area (Å²) in [5, 5.41) is 0. The number of likely N-dealkylation sites (tertiary alicyclic amines) is 1. The predicted molar refractivity (Wildman–Crippen MR) is 96.9 cm³/mol. The number of ether oxygens (including phenoxy) is 1. The lowest BCUT2D eigenvalue weighted by Gasteiger charge is -2.27. The Hall–Kier alpha value is -3.09. The first kappa shape index (κ1) is 19.7. The molecule has 2 aromatic rings. The number of alkyl halides is 2. The zero-order valence-electron chi connectivity index (χ0n) is 15.2. The van der Waals surface area contributed by atoms with Crippen LogP contribution in [0.1, 0.15) is 24.1 Å². The van der Waals surface area contributed by atoms with E-state index in [2.05, 4.69) is 4.74 Å². The highest BCUT2D eigenvalue weighted by Gasteiger charge is 2.49. The average Bonchev–Trinajstić information content (AvgIpc) is 2.92.